The second-order valence-corrected chi connectivity index (χ2v) is 9.73. The maximum Gasteiger partial charge on any atom is 0.320 e. The maximum absolute atomic E-state index is 14.1. The van der Waals surface area contributed by atoms with Gasteiger partial charge in [0.15, 0.2) is 11.6 Å². The summed E-state index contributed by atoms with van der Waals surface area (Å²) in [5.74, 6) is -1.52. The van der Waals surface area contributed by atoms with Crippen molar-refractivity contribution in [3.63, 3.8) is 0 Å². The fourth-order valence-electron chi connectivity index (χ4n) is 5.00. The quantitative estimate of drug-likeness (QED) is 0.355. The molecule has 2 N–H and O–H groups in total. The lowest BCUT2D eigenvalue weighted by Gasteiger charge is -2.21. The SMILES string of the molecule is COCCN1C[C@@H](NC(=O)Nc2c(C)c(-c3cn(C)cn3)nn2-c2ccccc2)[C@H](c2ccc(F)c(F)c2)C1. The Morgan fingerprint density at radius 2 is 1.92 bits per heavy atom. The van der Waals surface area contributed by atoms with E-state index in [4.69, 9.17) is 9.84 Å². The molecule has 5 rings (SSSR count). The molecule has 2 atom stereocenters. The number of anilines is 1. The molecule has 0 radical (unpaired) electrons. The summed E-state index contributed by atoms with van der Waals surface area (Å²) in [5.41, 5.74) is 3.52. The number of para-hydroxylation sites is 1. The molecule has 2 amide bonds. The fourth-order valence-corrected chi connectivity index (χ4v) is 5.00. The van der Waals surface area contributed by atoms with Gasteiger partial charge < -0.3 is 14.6 Å². The molecule has 9 nitrogen and oxygen atoms in total. The monoisotopic (exact) mass is 535 g/mol. The number of halogens is 2. The van der Waals surface area contributed by atoms with E-state index in [9.17, 15) is 13.6 Å². The molecule has 4 aromatic rings. The summed E-state index contributed by atoms with van der Waals surface area (Å²) in [7, 11) is 3.51. The molecule has 0 aliphatic carbocycles. The van der Waals surface area contributed by atoms with E-state index in [0.717, 1.165) is 17.3 Å². The van der Waals surface area contributed by atoms with Gasteiger partial charge in [0.05, 0.1) is 24.7 Å². The summed E-state index contributed by atoms with van der Waals surface area (Å²) in [5, 5.41) is 10.8. The molecule has 2 aromatic carbocycles. The number of hydrogen-bond donors (Lipinski definition) is 2. The van der Waals surface area contributed by atoms with Crippen molar-refractivity contribution in [2.75, 3.05) is 38.7 Å². The number of hydrogen-bond acceptors (Lipinski definition) is 5. The number of aromatic nitrogens is 4. The molecule has 0 bridgehead atoms. The lowest BCUT2D eigenvalue weighted by Crippen LogP contribution is -2.42. The highest BCUT2D eigenvalue weighted by molar-refractivity contribution is 5.91. The van der Waals surface area contributed by atoms with Crippen LogP contribution in [0.2, 0.25) is 0 Å². The highest BCUT2D eigenvalue weighted by atomic mass is 19.2. The molecule has 204 valence electrons. The van der Waals surface area contributed by atoms with Crippen LogP contribution in [-0.2, 0) is 11.8 Å². The van der Waals surface area contributed by atoms with Crippen LogP contribution >= 0.6 is 0 Å². The van der Waals surface area contributed by atoms with Gasteiger partial charge in [0, 0.05) is 51.5 Å². The average molecular weight is 536 g/mol. The van der Waals surface area contributed by atoms with Crippen LogP contribution < -0.4 is 10.6 Å². The summed E-state index contributed by atoms with van der Waals surface area (Å²) in [4.78, 5) is 20.0. The number of methoxy groups -OCH3 is 1. The molecule has 1 aliphatic rings. The molecule has 0 saturated carbocycles. The molecule has 0 spiro atoms. The Balaban J connectivity index is 1.42. The maximum atomic E-state index is 14.1. The molecule has 1 fully saturated rings. The lowest BCUT2D eigenvalue weighted by atomic mass is 9.94. The summed E-state index contributed by atoms with van der Waals surface area (Å²) in [6, 6.07) is 12.7. The van der Waals surface area contributed by atoms with Gasteiger partial charge in [-0.25, -0.2) is 23.2 Å². The third kappa shape index (κ3) is 5.69. The number of amides is 2. The van der Waals surface area contributed by atoms with Crippen LogP contribution in [0.4, 0.5) is 19.4 Å². The van der Waals surface area contributed by atoms with Crippen LogP contribution in [0.15, 0.2) is 61.1 Å². The van der Waals surface area contributed by atoms with Crippen molar-refractivity contribution in [3.8, 4) is 17.1 Å². The van der Waals surface area contributed by atoms with E-state index >= 15 is 0 Å². The van der Waals surface area contributed by atoms with Gasteiger partial charge in [0.2, 0.25) is 0 Å². The molecular formula is C28H31F2N7O2. The van der Waals surface area contributed by atoms with Crippen molar-refractivity contribution < 1.29 is 18.3 Å². The average Bonchev–Trinajstić information content (AvgIpc) is 3.62. The van der Waals surface area contributed by atoms with E-state index < -0.39 is 17.7 Å². The minimum Gasteiger partial charge on any atom is -0.383 e. The van der Waals surface area contributed by atoms with Crippen molar-refractivity contribution in [2.24, 2.45) is 7.05 Å². The second-order valence-electron chi connectivity index (χ2n) is 9.73. The second kappa shape index (κ2) is 11.3. The van der Waals surface area contributed by atoms with Crippen LogP contribution in [0.1, 0.15) is 17.0 Å². The van der Waals surface area contributed by atoms with E-state index in [1.807, 2.05) is 55.1 Å². The van der Waals surface area contributed by atoms with Gasteiger partial charge in [0.25, 0.3) is 0 Å². The van der Waals surface area contributed by atoms with E-state index in [2.05, 4.69) is 20.5 Å². The molecule has 39 heavy (non-hydrogen) atoms. The van der Waals surface area contributed by atoms with Crippen LogP contribution in [0, 0.1) is 18.6 Å². The number of ether oxygens (including phenoxy) is 1. The Labute approximate surface area is 225 Å². The van der Waals surface area contributed by atoms with Gasteiger partial charge in [-0.1, -0.05) is 24.3 Å². The summed E-state index contributed by atoms with van der Waals surface area (Å²) in [6.07, 6.45) is 3.57. The zero-order valence-corrected chi connectivity index (χ0v) is 22.1. The van der Waals surface area contributed by atoms with E-state index in [1.165, 1.54) is 6.07 Å². The third-order valence-corrected chi connectivity index (χ3v) is 7.00. The van der Waals surface area contributed by atoms with Crippen molar-refractivity contribution in [2.45, 2.75) is 18.9 Å². The summed E-state index contributed by atoms with van der Waals surface area (Å²) >= 11 is 0. The third-order valence-electron chi connectivity index (χ3n) is 7.00. The predicted octanol–water partition coefficient (Wildman–Crippen LogP) is 4.10. The predicted molar refractivity (Wildman–Crippen MR) is 144 cm³/mol. The number of carbonyl (C=O) groups is 1. The number of likely N-dealkylation sites (tertiary alicyclic amines) is 1. The van der Waals surface area contributed by atoms with E-state index in [1.54, 1.807) is 24.2 Å². The van der Waals surface area contributed by atoms with Crippen molar-refractivity contribution in [1.29, 1.82) is 0 Å². The summed E-state index contributed by atoms with van der Waals surface area (Å²) in [6.45, 7) is 4.18. The smallest absolute Gasteiger partial charge is 0.320 e. The molecule has 3 heterocycles. The number of aryl methyl sites for hydroxylation is 1. The molecule has 0 unspecified atom stereocenters. The number of nitrogens with one attached hydrogen (secondary N) is 2. The minimum atomic E-state index is -0.907. The van der Waals surface area contributed by atoms with Crippen molar-refractivity contribution >= 4 is 11.8 Å². The Hall–Kier alpha value is -4.09. The Bertz CT molecular complexity index is 1450. The van der Waals surface area contributed by atoms with E-state index in [0.29, 0.717) is 49.0 Å². The first-order valence-electron chi connectivity index (χ1n) is 12.7. The molecular weight excluding hydrogens is 504 g/mol. The van der Waals surface area contributed by atoms with Gasteiger partial charge in [0.1, 0.15) is 17.2 Å². The first-order chi connectivity index (χ1) is 18.8. The first kappa shape index (κ1) is 26.5. The van der Waals surface area contributed by atoms with Crippen molar-refractivity contribution in [3.05, 3.63) is 83.8 Å². The van der Waals surface area contributed by atoms with Crippen LogP contribution in [0.3, 0.4) is 0 Å². The van der Waals surface area contributed by atoms with Gasteiger partial charge in [-0.15, -0.1) is 0 Å². The Morgan fingerprint density at radius 1 is 1.13 bits per heavy atom. The molecule has 11 heteroatoms. The number of imidazole rings is 1. The zero-order chi connectivity index (χ0) is 27.5. The largest absolute Gasteiger partial charge is 0.383 e. The number of nitrogens with zero attached hydrogens (tertiary/aromatic N) is 5. The lowest BCUT2D eigenvalue weighted by molar-refractivity contribution is 0.159. The minimum absolute atomic E-state index is 0.230. The number of urea groups is 1. The standard InChI is InChI=1S/C28H31F2N7O2/c1-18-26(25-15-35(2)17-31-25)34-37(20-7-5-4-6-8-20)27(18)33-28(38)32-24-16-36(11-12-39-3)14-21(24)19-9-10-22(29)23(30)13-19/h4-10,13,15,17,21,24H,11-12,14,16H2,1-3H3,(H2,32,33,38)/t21-,24+/m0/s1. The van der Waals surface area contributed by atoms with Gasteiger partial charge >= 0.3 is 6.03 Å². The topological polar surface area (TPSA) is 89.2 Å². The molecule has 2 aromatic heterocycles. The normalized spacial score (nSPS) is 17.5. The van der Waals surface area contributed by atoms with Crippen LogP contribution in [0.25, 0.3) is 17.1 Å². The number of rotatable bonds is 8. The molecule has 1 saturated heterocycles. The highest BCUT2D eigenvalue weighted by Gasteiger charge is 2.35. The van der Waals surface area contributed by atoms with Gasteiger partial charge in [-0.05, 0) is 36.8 Å². The highest BCUT2D eigenvalue weighted by Crippen LogP contribution is 2.31. The molecule has 1 aliphatic heterocycles. The zero-order valence-electron chi connectivity index (χ0n) is 22.1. The van der Waals surface area contributed by atoms with Crippen molar-refractivity contribution in [1.82, 2.24) is 29.5 Å². The first-order valence-corrected chi connectivity index (χ1v) is 12.7. The Morgan fingerprint density at radius 3 is 2.62 bits per heavy atom. The number of carbonyl (C=O) groups excluding carboxylic acids is 1. The van der Waals surface area contributed by atoms with Crippen LogP contribution in [-0.4, -0.2) is 69.7 Å². The van der Waals surface area contributed by atoms with Gasteiger partial charge in [-0.3, -0.25) is 10.2 Å². The summed E-state index contributed by atoms with van der Waals surface area (Å²) < 4.78 is 36.4. The fraction of sp³-hybridized carbons (Fsp3) is 0.321. The number of benzene rings is 2. The Kier molecular flexibility index (Phi) is 7.71. The van der Waals surface area contributed by atoms with Gasteiger partial charge in [-0.2, -0.15) is 5.10 Å². The van der Waals surface area contributed by atoms with Crippen LogP contribution in [0.5, 0.6) is 0 Å². The van der Waals surface area contributed by atoms with E-state index in [-0.39, 0.29) is 12.0 Å².